The van der Waals surface area contributed by atoms with Crippen molar-refractivity contribution in [3.63, 3.8) is 0 Å². The molecule has 0 saturated carbocycles. The van der Waals surface area contributed by atoms with Gasteiger partial charge < -0.3 is 5.73 Å². The van der Waals surface area contributed by atoms with Crippen LogP contribution < -0.4 is 5.73 Å². The highest BCUT2D eigenvalue weighted by Gasteiger charge is 1.89. The molecule has 0 aliphatic rings. The molecule has 0 aromatic heterocycles. The summed E-state index contributed by atoms with van der Waals surface area (Å²) in [5.41, 5.74) is 7.37. The second-order valence-corrected chi connectivity index (χ2v) is 4.68. The summed E-state index contributed by atoms with van der Waals surface area (Å²) < 4.78 is 0. The molecule has 1 nitrogen and oxygen atoms in total. The number of anilines is 1. The summed E-state index contributed by atoms with van der Waals surface area (Å²) in [6.45, 7) is 2.23. The number of nitrogen functional groups attached to an aromatic ring is 1. The summed E-state index contributed by atoms with van der Waals surface area (Å²) in [5.74, 6) is 12.1. The van der Waals surface area contributed by atoms with E-state index < -0.39 is 0 Å². The van der Waals surface area contributed by atoms with Crippen LogP contribution in [0.1, 0.15) is 51.0 Å². The highest BCUT2D eigenvalue weighted by atomic mass is 14.5. The molecule has 0 spiro atoms. The second kappa shape index (κ2) is 10.8. The first kappa shape index (κ1) is 15.9. The van der Waals surface area contributed by atoms with Crippen molar-refractivity contribution in [2.24, 2.45) is 0 Å². The van der Waals surface area contributed by atoms with Crippen molar-refractivity contribution in [3.8, 4) is 23.7 Å². The van der Waals surface area contributed by atoms with Crippen LogP contribution in [0.3, 0.4) is 0 Å². The van der Waals surface area contributed by atoms with Gasteiger partial charge in [0, 0.05) is 17.7 Å². The molecular weight excluding hydrogens is 242 g/mol. The number of hydrogen-bond donors (Lipinski definition) is 1. The summed E-state index contributed by atoms with van der Waals surface area (Å²) in [7, 11) is 0. The van der Waals surface area contributed by atoms with Gasteiger partial charge in [-0.25, -0.2) is 0 Å². The van der Waals surface area contributed by atoms with Gasteiger partial charge in [-0.05, 0) is 30.7 Å². The lowest BCUT2D eigenvalue weighted by atomic mass is 10.1. The molecule has 1 aromatic carbocycles. The number of para-hydroxylation sites is 1. The van der Waals surface area contributed by atoms with Crippen molar-refractivity contribution in [2.75, 3.05) is 5.73 Å². The van der Waals surface area contributed by atoms with Crippen LogP contribution in [0.25, 0.3) is 0 Å². The van der Waals surface area contributed by atoms with Crippen LogP contribution in [-0.2, 0) is 0 Å². The van der Waals surface area contributed by atoms with Crippen LogP contribution in [0.2, 0.25) is 0 Å². The van der Waals surface area contributed by atoms with Crippen LogP contribution in [-0.4, -0.2) is 0 Å². The lowest BCUT2D eigenvalue weighted by Gasteiger charge is -1.94. The Morgan fingerprint density at radius 3 is 2.55 bits per heavy atom. The smallest absolute Gasteiger partial charge is 0.0478 e. The molecule has 1 rings (SSSR count). The van der Waals surface area contributed by atoms with Crippen molar-refractivity contribution in [1.82, 2.24) is 0 Å². The van der Waals surface area contributed by atoms with E-state index in [1.54, 1.807) is 12.2 Å². The summed E-state index contributed by atoms with van der Waals surface area (Å²) in [5, 5.41) is 0. The number of hydrogen-bond acceptors (Lipinski definition) is 1. The number of unbranched alkanes of at least 4 members (excludes halogenated alkanes) is 5. The highest BCUT2D eigenvalue weighted by molar-refractivity contribution is 5.56. The molecule has 2 N–H and O–H groups in total. The van der Waals surface area contributed by atoms with E-state index in [-0.39, 0.29) is 0 Å². The summed E-state index contributed by atoms with van der Waals surface area (Å²) in [6, 6.07) is 7.61. The molecule has 1 heteroatoms. The van der Waals surface area contributed by atoms with Gasteiger partial charge in [0.05, 0.1) is 0 Å². The summed E-state index contributed by atoms with van der Waals surface area (Å²) in [4.78, 5) is 0. The maximum atomic E-state index is 5.80. The summed E-state index contributed by atoms with van der Waals surface area (Å²) >= 11 is 0. The van der Waals surface area contributed by atoms with E-state index in [0.717, 1.165) is 12.0 Å². The zero-order valence-corrected chi connectivity index (χ0v) is 12.3. The van der Waals surface area contributed by atoms with Gasteiger partial charge in [0.25, 0.3) is 0 Å². The van der Waals surface area contributed by atoms with Crippen LogP contribution in [0, 0.1) is 23.7 Å². The first-order valence-corrected chi connectivity index (χ1v) is 7.34. The Labute approximate surface area is 123 Å². The number of nitrogens with two attached hydrogens (primary N) is 1. The fourth-order valence-electron chi connectivity index (χ4n) is 1.76. The largest absolute Gasteiger partial charge is 0.398 e. The molecule has 0 fully saturated rings. The van der Waals surface area contributed by atoms with E-state index >= 15 is 0 Å². The summed E-state index contributed by atoms with van der Waals surface area (Å²) in [6.07, 6.45) is 11.0. The van der Waals surface area contributed by atoms with Gasteiger partial charge in [0.2, 0.25) is 0 Å². The van der Waals surface area contributed by atoms with E-state index in [9.17, 15) is 0 Å². The Morgan fingerprint density at radius 2 is 1.75 bits per heavy atom. The second-order valence-electron chi connectivity index (χ2n) is 4.68. The third-order valence-corrected chi connectivity index (χ3v) is 2.93. The number of rotatable bonds is 5. The molecule has 1 aromatic rings. The topological polar surface area (TPSA) is 26.0 Å². The molecule has 0 aliphatic carbocycles. The van der Waals surface area contributed by atoms with Gasteiger partial charge in [-0.3, -0.25) is 0 Å². The lowest BCUT2D eigenvalue weighted by molar-refractivity contribution is 0.641. The minimum atomic E-state index is 0.714. The van der Waals surface area contributed by atoms with Gasteiger partial charge in [-0.15, -0.1) is 0 Å². The average Bonchev–Trinajstić information content (AvgIpc) is 2.46. The molecule has 0 heterocycles. The average molecular weight is 265 g/mol. The van der Waals surface area contributed by atoms with Gasteiger partial charge in [0.1, 0.15) is 0 Å². The zero-order valence-electron chi connectivity index (χ0n) is 12.3. The van der Waals surface area contributed by atoms with E-state index in [1.807, 2.05) is 24.3 Å². The van der Waals surface area contributed by atoms with Gasteiger partial charge in [0.15, 0.2) is 0 Å². The third kappa shape index (κ3) is 7.34. The lowest BCUT2D eigenvalue weighted by Crippen LogP contribution is -1.87. The molecule has 0 unspecified atom stereocenters. The highest BCUT2D eigenvalue weighted by Crippen LogP contribution is 2.07. The van der Waals surface area contributed by atoms with Gasteiger partial charge >= 0.3 is 0 Å². The normalized spacial score (nSPS) is 9.65. The SMILES string of the molecule is CCCCCCCC#C/C=C\C#Cc1ccccc1N. The molecule has 0 saturated heterocycles. The van der Waals surface area contributed by atoms with Gasteiger partial charge in [-0.2, -0.15) is 0 Å². The molecule has 0 amide bonds. The van der Waals surface area contributed by atoms with E-state index in [4.69, 9.17) is 5.73 Å². The van der Waals surface area contributed by atoms with E-state index in [0.29, 0.717) is 5.69 Å². The predicted molar refractivity (Wildman–Crippen MR) is 88.0 cm³/mol. The molecule has 0 atom stereocenters. The van der Waals surface area contributed by atoms with E-state index in [1.165, 1.54) is 32.1 Å². The maximum Gasteiger partial charge on any atom is 0.0478 e. The predicted octanol–water partition coefficient (Wildman–Crippen LogP) is 4.54. The third-order valence-electron chi connectivity index (χ3n) is 2.93. The van der Waals surface area contributed by atoms with Crippen molar-refractivity contribution in [3.05, 3.63) is 42.0 Å². The number of benzene rings is 1. The minimum absolute atomic E-state index is 0.714. The number of allylic oxidation sites excluding steroid dienone is 2. The van der Waals surface area contributed by atoms with Crippen LogP contribution in [0.15, 0.2) is 36.4 Å². The quantitative estimate of drug-likeness (QED) is 0.472. The molecule has 0 radical (unpaired) electrons. The molecule has 0 aliphatic heterocycles. The van der Waals surface area contributed by atoms with Crippen LogP contribution >= 0.6 is 0 Å². The molecule has 104 valence electrons. The van der Waals surface area contributed by atoms with Crippen molar-refractivity contribution in [2.45, 2.75) is 45.4 Å². The van der Waals surface area contributed by atoms with Crippen LogP contribution in [0.4, 0.5) is 5.69 Å². The fraction of sp³-hybridized carbons (Fsp3) is 0.368. The maximum absolute atomic E-state index is 5.80. The Kier molecular flexibility index (Phi) is 8.58. The Hall–Kier alpha value is -2.12. The minimum Gasteiger partial charge on any atom is -0.398 e. The Morgan fingerprint density at radius 1 is 1.00 bits per heavy atom. The molecule has 0 bridgehead atoms. The fourth-order valence-corrected chi connectivity index (χ4v) is 1.76. The van der Waals surface area contributed by atoms with Gasteiger partial charge in [-0.1, -0.05) is 68.4 Å². The van der Waals surface area contributed by atoms with E-state index in [2.05, 4.69) is 30.6 Å². The van der Waals surface area contributed by atoms with Crippen molar-refractivity contribution < 1.29 is 0 Å². The molecular formula is C19H23N. The first-order valence-electron chi connectivity index (χ1n) is 7.34. The van der Waals surface area contributed by atoms with Crippen molar-refractivity contribution >= 4 is 5.69 Å². The zero-order chi connectivity index (χ0) is 14.5. The van der Waals surface area contributed by atoms with Crippen molar-refractivity contribution in [1.29, 1.82) is 0 Å². The Bertz CT molecular complexity index is 532. The molecule has 20 heavy (non-hydrogen) atoms. The first-order chi connectivity index (χ1) is 9.84. The Balaban J connectivity index is 2.25. The van der Waals surface area contributed by atoms with Crippen LogP contribution in [0.5, 0.6) is 0 Å². The monoisotopic (exact) mass is 265 g/mol. The standard InChI is InChI=1S/C19H23N/c1-2-3-4-5-6-7-8-9-10-11-12-15-18-16-13-14-17-19(18)20/h10-11,13-14,16-17H,2-7,20H2,1H3/b11-10-.